The zero-order valence-corrected chi connectivity index (χ0v) is 17.7. The highest BCUT2D eigenvalue weighted by molar-refractivity contribution is 7.99. The Kier molecular flexibility index (Phi) is 5.41. The van der Waals surface area contributed by atoms with Gasteiger partial charge in [0.25, 0.3) is 5.56 Å². The molecule has 0 bridgehead atoms. The summed E-state index contributed by atoms with van der Waals surface area (Å²) >= 11 is 1.27. The molecule has 0 aliphatic heterocycles. The number of amides is 1. The molecular formula is C22H21N5O2S. The summed E-state index contributed by atoms with van der Waals surface area (Å²) in [7, 11) is 0. The van der Waals surface area contributed by atoms with E-state index in [1.165, 1.54) is 17.8 Å². The molecule has 7 nitrogen and oxygen atoms in total. The Morgan fingerprint density at radius 2 is 1.77 bits per heavy atom. The van der Waals surface area contributed by atoms with Crippen molar-refractivity contribution in [3.63, 3.8) is 0 Å². The summed E-state index contributed by atoms with van der Waals surface area (Å²) in [5, 5.41) is 11.8. The fraction of sp³-hybridized carbons (Fsp3) is 0.182. The third-order valence-electron chi connectivity index (χ3n) is 4.72. The molecule has 2 heterocycles. The van der Waals surface area contributed by atoms with E-state index in [-0.39, 0.29) is 17.2 Å². The van der Waals surface area contributed by atoms with Crippen LogP contribution in [0.3, 0.4) is 0 Å². The second-order valence-electron chi connectivity index (χ2n) is 7.14. The first kappa shape index (κ1) is 19.9. The second kappa shape index (κ2) is 8.16. The average Bonchev–Trinajstić information content (AvgIpc) is 3.12. The van der Waals surface area contributed by atoms with Gasteiger partial charge in [0.1, 0.15) is 0 Å². The molecule has 0 atom stereocenters. The number of anilines is 1. The van der Waals surface area contributed by atoms with Gasteiger partial charge in [-0.3, -0.25) is 19.0 Å². The van der Waals surface area contributed by atoms with Crippen LogP contribution in [0.15, 0.2) is 58.5 Å². The van der Waals surface area contributed by atoms with Crippen LogP contribution >= 0.6 is 11.8 Å². The van der Waals surface area contributed by atoms with Gasteiger partial charge >= 0.3 is 0 Å². The normalized spacial score (nSPS) is 11.0. The highest BCUT2D eigenvalue weighted by Crippen LogP contribution is 2.25. The van der Waals surface area contributed by atoms with Gasteiger partial charge < -0.3 is 5.32 Å². The van der Waals surface area contributed by atoms with Crippen molar-refractivity contribution in [1.29, 1.82) is 0 Å². The summed E-state index contributed by atoms with van der Waals surface area (Å²) in [6.45, 7) is 6.00. The van der Waals surface area contributed by atoms with E-state index in [4.69, 9.17) is 0 Å². The Bertz CT molecular complexity index is 1270. The van der Waals surface area contributed by atoms with Crippen LogP contribution in [0, 0.1) is 20.8 Å². The van der Waals surface area contributed by atoms with Crippen LogP contribution in [0.2, 0.25) is 0 Å². The highest BCUT2D eigenvalue weighted by Gasteiger charge is 2.15. The third kappa shape index (κ3) is 3.99. The van der Waals surface area contributed by atoms with Crippen LogP contribution in [0.4, 0.5) is 5.69 Å². The number of carbonyl (C=O) groups is 1. The van der Waals surface area contributed by atoms with Crippen molar-refractivity contribution < 1.29 is 4.79 Å². The van der Waals surface area contributed by atoms with Gasteiger partial charge in [-0.25, -0.2) is 0 Å². The van der Waals surface area contributed by atoms with Gasteiger partial charge in [-0.2, -0.15) is 0 Å². The van der Waals surface area contributed by atoms with Crippen molar-refractivity contribution in [2.45, 2.75) is 25.9 Å². The first-order valence-electron chi connectivity index (χ1n) is 9.47. The Labute approximate surface area is 177 Å². The molecule has 0 aliphatic carbocycles. The maximum Gasteiger partial charge on any atom is 0.252 e. The van der Waals surface area contributed by atoms with Crippen molar-refractivity contribution in [2.24, 2.45) is 0 Å². The van der Waals surface area contributed by atoms with Gasteiger partial charge in [0.05, 0.1) is 11.4 Å². The van der Waals surface area contributed by atoms with Crippen molar-refractivity contribution in [2.75, 3.05) is 11.1 Å². The van der Waals surface area contributed by atoms with E-state index < -0.39 is 0 Å². The number of thioether (sulfide) groups is 1. The monoisotopic (exact) mass is 419 g/mol. The fourth-order valence-electron chi connectivity index (χ4n) is 3.50. The molecule has 2 N–H and O–H groups in total. The van der Waals surface area contributed by atoms with Gasteiger partial charge in [0, 0.05) is 11.8 Å². The number of hydrogen-bond donors (Lipinski definition) is 2. The summed E-state index contributed by atoms with van der Waals surface area (Å²) in [5.74, 6) is 0.382. The molecule has 2 aromatic heterocycles. The molecule has 0 fully saturated rings. The predicted molar refractivity (Wildman–Crippen MR) is 119 cm³/mol. The van der Waals surface area contributed by atoms with Crippen LogP contribution in [-0.4, -0.2) is 31.2 Å². The molecule has 0 aliphatic rings. The van der Waals surface area contributed by atoms with Crippen LogP contribution in [-0.2, 0) is 4.79 Å². The number of hydrogen-bond acceptors (Lipinski definition) is 5. The number of nitrogens with one attached hydrogen (secondary N) is 2. The minimum Gasteiger partial charge on any atom is -0.325 e. The van der Waals surface area contributed by atoms with Crippen molar-refractivity contribution >= 4 is 29.1 Å². The van der Waals surface area contributed by atoms with E-state index in [2.05, 4.69) is 20.5 Å². The van der Waals surface area contributed by atoms with Gasteiger partial charge in [0.15, 0.2) is 5.16 Å². The van der Waals surface area contributed by atoms with E-state index in [0.29, 0.717) is 16.6 Å². The lowest BCUT2D eigenvalue weighted by molar-refractivity contribution is -0.113. The summed E-state index contributed by atoms with van der Waals surface area (Å²) in [4.78, 5) is 27.3. The maximum absolute atomic E-state index is 12.6. The van der Waals surface area contributed by atoms with Gasteiger partial charge in [0.2, 0.25) is 11.7 Å². The topological polar surface area (TPSA) is 92.2 Å². The SMILES string of the molecule is Cc1cc(C)c(NC(=O)CSc2nnc3[nH]c(=O)cc(-c4ccccc4)n23)c(C)c1. The average molecular weight is 420 g/mol. The van der Waals surface area contributed by atoms with Gasteiger partial charge in [-0.15, -0.1) is 10.2 Å². The zero-order chi connectivity index (χ0) is 21.3. The molecule has 4 rings (SSSR count). The van der Waals surface area contributed by atoms with E-state index in [0.717, 1.165) is 27.9 Å². The van der Waals surface area contributed by atoms with Gasteiger partial charge in [-0.05, 0) is 37.5 Å². The molecule has 0 radical (unpaired) electrons. The molecule has 4 aromatic rings. The van der Waals surface area contributed by atoms with E-state index in [9.17, 15) is 9.59 Å². The molecule has 30 heavy (non-hydrogen) atoms. The summed E-state index contributed by atoms with van der Waals surface area (Å²) < 4.78 is 1.76. The number of carbonyl (C=O) groups excluding carboxylic acids is 1. The zero-order valence-electron chi connectivity index (χ0n) is 16.9. The molecule has 0 spiro atoms. The number of fused-ring (bicyclic) bond motifs is 1. The number of nitrogens with zero attached hydrogens (tertiary/aromatic N) is 3. The van der Waals surface area contributed by atoms with Crippen molar-refractivity contribution in [1.82, 2.24) is 19.6 Å². The molecule has 1 amide bonds. The van der Waals surface area contributed by atoms with Crippen LogP contribution in [0.25, 0.3) is 17.0 Å². The third-order valence-corrected chi connectivity index (χ3v) is 5.65. The Morgan fingerprint density at radius 1 is 1.07 bits per heavy atom. The minimum atomic E-state index is -0.256. The molecular weight excluding hydrogens is 398 g/mol. The standard InChI is InChI=1S/C22H21N5O2S/c1-13-9-14(2)20(15(3)10-13)23-19(29)12-30-22-26-25-21-24-18(28)11-17(27(21)22)16-7-5-4-6-8-16/h4-11H,12H2,1-3H3,(H,23,29)(H,24,25,28). The lowest BCUT2D eigenvalue weighted by Crippen LogP contribution is -2.16. The minimum absolute atomic E-state index is 0.127. The number of aromatic nitrogens is 4. The highest BCUT2D eigenvalue weighted by atomic mass is 32.2. The summed E-state index contributed by atoms with van der Waals surface area (Å²) in [6, 6.07) is 15.1. The van der Waals surface area contributed by atoms with Gasteiger partial charge in [-0.1, -0.05) is 59.8 Å². The van der Waals surface area contributed by atoms with E-state index in [1.807, 2.05) is 63.2 Å². The Morgan fingerprint density at radius 3 is 2.47 bits per heavy atom. The van der Waals surface area contributed by atoms with Crippen molar-refractivity contribution in [3.05, 3.63) is 75.6 Å². The van der Waals surface area contributed by atoms with E-state index in [1.54, 1.807) is 4.40 Å². The quantitative estimate of drug-likeness (QED) is 0.481. The number of H-pyrrole nitrogens is 1. The van der Waals surface area contributed by atoms with Crippen LogP contribution < -0.4 is 10.9 Å². The maximum atomic E-state index is 12.6. The lowest BCUT2D eigenvalue weighted by Gasteiger charge is -2.12. The van der Waals surface area contributed by atoms with Crippen LogP contribution in [0.5, 0.6) is 0 Å². The molecule has 0 saturated heterocycles. The predicted octanol–water partition coefficient (Wildman–Crippen LogP) is 3.74. The molecule has 152 valence electrons. The van der Waals surface area contributed by atoms with Crippen molar-refractivity contribution in [3.8, 4) is 11.3 Å². The largest absolute Gasteiger partial charge is 0.325 e. The first-order valence-corrected chi connectivity index (χ1v) is 10.5. The molecule has 8 heteroatoms. The second-order valence-corrected chi connectivity index (χ2v) is 8.08. The Hall–Kier alpha value is -3.39. The van der Waals surface area contributed by atoms with E-state index >= 15 is 0 Å². The molecule has 0 unspecified atom stereocenters. The smallest absolute Gasteiger partial charge is 0.252 e. The number of benzene rings is 2. The number of aromatic amines is 1. The molecule has 0 saturated carbocycles. The fourth-order valence-corrected chi connectivity index (χ4v) is 4.25. The lowest BCUT2D eigenvalue weighted by atomic mass is 10.1. The first-order chi connectivity index (χ1) is 14.4. The number of aryl methyl sites for hydroxylation is 3. The number of rotatable bonds is 5. The summed E-state index contributed by atoms with van der Waals surface area (Å²) in [5.41, 5.74) is 5.35. The molecule has 2 aromatic carbocycles. The van der Waals surface area contributed by atoms with Crippen LogP contribution in [0.1, 0.15) is 16.7 Å². The Balaban J connectivity index is 1.59. The summed E-state index contributed by atoms with van der Waals surface area (Å²) in [6.07, 6.45) is 0.